The van der Waals surface area contributed by atoms with Gasteiger partial charge in [0.05, 0.1) is 10.2 Å². The second-order valence-electron chi connectivity index (χ2n) is 7.51. The molecule has 0 radical (unpaired) electrons. The summed E-state index contributed by atoms with van der Waals surface area (Å²) in [6.07, 6.45) is 13.1. The zero-order valence-corrected chi connectivity index (χ0v) is 19.4. The van der Waals surface area contributed by atoms with Crippen molar-refractivity contribution in [2.24, 2.45) is 0 Å². The molecule has 0 saturated heterocycles. The molecule has 2 unspecified atom stereocenters. The average molecular weight is 407 g/mol. The first kappa shape index (κ1) is 22.7. The number of thiazole rings is 1. The Bertz CT molecular complexity index is 589. The van der Waals surface area contributed by atoms with Crippen LogP contribution in [0, 0.1) is 0 Å². The second kappa shape index (κ2) is 12.8. The zero-order chi connectivity index (χ0) is 19.5. The van der Waals surface area contributed by atoms with E-state index in [9.17, 15) is 0 Å². The van der Waals surface area contributed by atoms with Crippen LogP contribution in [-0.4, -0.2) is 21.4 Å². The summed E-state index contributed by atoms with van der Waals surface area (Å²) in [6.45, 7) is 9.32. The van der Waals surface area contributed by atoms with Crippen molar-refractivity contribution in [2.45, 2.75) is 108 Å². The molecule has 152 valence electrons. The number of rotatable bonds is 14. The minimum atomic E-state index is 0.653. The van der Waals surface area contributed by atoms with Crippen molar-refractivity contribution in [2.75, 3.05) is 0 Å². The highest BCUT2D eigenvalue weighted by Gasteiger charge is 2.26. The van der Waals surface area contributed by atoms with E-state index in [1.54, 1.807) is 0 Å². The number of para-hydroxylation sites is 1. The van der Waals surface area contributed by atoms with E-state index in [4.69, 9.17) is 4.98 Å². The first-order valence-corrected chi connectivity index (χ1v) is 12.6. The maximum absolute atomic E-state index is 4.92. The lowest BCUT2D eigenvalue weighted by Gasteiger charge is -2.36. The normalized spacial score (nSPS) is 14.1. The highest BCUT2D eigenvalue weighted by molar-refractivity contribution is 7.99. The van der Waals surface area contributed by atoms with Crippen LogP contribution in [0.5, 0.6) is 0 Å². The van der Waals surface area contributed by atoms with Gasteiger partial charge in [-0.1, -0.05) is 78.4 Å². The lowest BCUT2D eigenvalue weighted by atomic mass is 10.0. The van der Waals surface area contributed by atoms with Gasteiger partial charge >= 0.3 is 0 Å². The quantitative estimate of drug-likeness (QED) is 0.232. The lowest BCUT2D eigenvalue weighted by Crippen LogP contribution is -2.37. The minimum Gasteiger partial charge on any atom is -0.238 e. The van der Waals surface area contributed by atoms with Gasteiger partial charge < -0.3 is 0 Å². The summed E-state index contributed by atoms with van der Waals surface area (Å²) in [5, 5.41) is 0. The third kappa shape index (κ3) is 7.07. The van der Waals surface area contributed by atoms with Crippen molar-refractivity contribution in [1.82, 2.24) is 9.29 Å². The molecule has 2 nitrogen and oxygen atoms in total. The lowest BCUT2D eigenvalue weighted by molar-refractivity contribution is 0.229. The molecule has 0 saturated carbocycles. The van der Waals surface area contributed by atoms with Gasteiger partial charge in [-0.05, 0) is 49.8 Å². The minimum absolute atomic E-state index is 0.653. The molecule has 0 bridgehead atoms. The number of benzene rings is 1. The van der Waals surface area contributed by atoms with Crippen LogP contribution < -0.4 is 0 Å². The maximum Gasteiger partial charge on any atom is 0.166 e. The smallest absolute Gasteiger partial charge is 0.166 e. The Morgan fingerprint density at radius 3 is 2.00 bits per heavy atom. The van der Waals surface area contributed by atoms with Crippen LogP contribution in [0.3, 0.4) is 0 Å². The molecular weight excluding hydrogens is 368 g/mol. The third-order valence-corrected chi connectivity index (χ3v) is 7.76. The van der Waals surface area contributed by atoms with E-state index in [0.717, 1.165) is 5.52 Å². The molecule has 2 rings (SSSR count). The van der Waals surface area contributed by atoms with Crippen molar-refractivity contribution >= 4 is 33.5 Å². The molecule has 0 fully saturated rings. The van der Waals surface area contributed by atoms with Gasteiger partial charge in [-0.25, -0.2) is 9.29 Å². The van der Waals surface area contributed by atoms with Gasteiger partial charge in [0.1, 0.15) is 0 Å². The molecule has 1 heterocycles. The summed E-state index contributed by atoms with van der Waals surface area (Å²) in [6, 6.07) is 9.84. The van der Waals surface area contributed by atoms with Gasteiger partial charge in [0.25, 0.3) is 0 Å². The fourth-order valence-electron chi connectivity index (χ4n) is 3.71. The van der Waals surface area contributed by atoms with Crippen molar-refractivity contribution in [3.63, 3.8) is 0 Å². The van der Waals surface area contributed by atoms with E-state index in [0.29, 0.717) is 12.1 Å². The largest absolute Gasteiger partial charge is 0.238 e. The summed E-state index contributed by atoms with van der Waals surface area (Å²) in [7, 11) is 0. The van der Waals surface area contributed by atoms with E-state index >= 15 is 0 Å². The first-order chi connectivity index (χ1) is 13.2. The van der Waals surface area contributed by atoms with Crippen LogP contribution in [0.4, 0.5) is 0 Å². The van der Waals surface area contributed by atoms with Gasteiger partial charge in [0.2, 0.25) is 0 Å². The predicted octanol–water partition coefficient (Wildman–Crippen LogP) is 8.32. The number of unbranched alkanes of at least 4 members (excludes halogenated alkanes) is 4. The maximum atomic E-state index is 4.92. The Labute approximate surface area is 175 Å². The average Bonchev–Trinajstić information content (AvgIpc) is 3.10. The van der Waals surface area contributed by atoms with Crippen LogP contribution in [0.2, 0.25) is 0 Å². The zero-order valence-electron chi connectivity index (χ0n) is 17.7. The molecule has 0 N–H and O–H groups in total. The van der Waals surface area contributed by atoms with Crippen LogP contribution in [0.1, 0.15) is 91.9 Å². The van der Waals surface area contributed by atoms with Crippen molar-refractivity contribution < 1.29 is 0 Å². The molecule has 0 spiro atoms. The van der Waals surface area contributed by atoms with Crippen molar-refractivity contribution in [3.8, 4) is 0 Å². The molecule has 0 amide bonds. The van der Waals surface area contributed by atoms with E-state index in [1.807, 2.05) is 23.3 Å². The molecule has 2 aromatic rings. The topological polar surface area (TPSA) is 16.1 Å². The highest BCUT2D eigenvalue weighted by atomic mass is 32.2. The number of aromatic nitrogens is 1. The Kier molecular flexibility index (Phi) is 10.8. The first-order valence-electron chi connectivity index (χ1n) is 11.0. The van der Waals surface area contributed by atoms with E-state index in [2.05, 4.69) is 56.3 Å². The summed E-state index contributed by atoms with van der Waals surface area (Å²) in [4.78, 5) is 4.92. The molecular formula is C23H38N2S2. The molecule has 4 heteroatoms. The Morgan fingerprint density at radius 1 is 0.889 bits per heavy atom. The molecule has 0 aliphatic rings. The van der Waals surface area contributed by atoms with E-state index in [1.165, 1.54) is 73.2 Å². The Morgan fingerprint density at radius 2 is 1.48 bits per heavy atom. The fraction of sp³-hybridized carbons (Fsp3) is 0.696. The van der Waals surface area contributed by atoms with Gasteiger partial charge in [-0.15, -0.1) is 11.3 Å². The van der Waals surface area contributed by atoms with E-state index in [-0.39, 0.29) is 0 Å². The van der Waals surface area contributed by atoms with Gasteiger partial charge in [0, 0.05) is 12.1 Å². The number of hydrogen-bond donors (Lipinski definition) is 0. The molecule has 0 aliphatic heterocycles. The van der Waals surface area contributed by atoms with Gasteiger partial charge in [-0.3, -0.25) is 0 Å². The van der Waals surface area contributed by atoms with Crippen molar-refractivity contribution in [3.05, 3.63) is 24.3 Å². The second-order valence-corrected chi connectivity index (χ2v) is 9.79. The summed E-state index contributed by atoms with van der Waals surface area (Å²) < 4.78 is 5.25. The predicted molar refractivity (Wildman–Crippen MR) is 124 cm³/mol. The van der Waals surface area contributed by atoms with Crippen LogP contribution in [0.25, 0.3) is 10.2 Å². The monoisotopic (exact) mass is 406 g/mol. The SMILES string of the molecule is CCCCCC(CC)N(Sc1nc2ccccc2s1)C(CC)CCCCC. The number of fused-ring (bicyclic) bond motifs is 1. The fourth-order valence-corrected chi connectivity index (χ4v) is 6.21. The highest BCUT2D eigenvalue weighted by Crippen LogP contribution is 2.37. The van der Waals surface area contributed by atoms with Gasteiger partial charge in [0.15, 0.2) is 4.34 Å². The van der Waals surface area contributed by atoms with Crippen molar-refractivity contribution in [1.29, 1.82) is 0 Å². The van der Waals surface area contributed by atoms with Crippen LogP contribution in [0.15, 0.2) is 28.6 Å². The van der Waals surface area contributed by atoms with E-state index < -0.39 is 0 Å². The standard InChI is InChI=1S/C23H38N2S2/c1-5-9-11-15-19(7-3)25(20(8-4)16-12-10-6-2)27-23-24-21-17-13-14-18-22(21)26-23/h13-14,17-20H,5-12,15-16H2,1-4H3. The summed E-state index contributed by atoms with van der Waals surface area (Å²) in [5.41, 5.74) is 1.14. The molecule has 1 aromatic carbocycles. The number of nitrogens with zero attached hydrogens (tertiary/aromatic N) is 2. The Hall–Kier alpha value is -0.580. The molecule has 0 aliphatic carbocycles. The third-order valence-electron chi connectivity index (χ3n) is 5.40. The summed E-state index contributed by atoms with van der Waals surface area (Å²) >= 11 is 3.78. The van der Waals surface area contributed by atoms with Crippen LogP contribution >= 0.6 is 23.3 Å². The summed E-state index contributed by atoms with van der Waals surface area (Å²) in [5.74, 6) is 0. The van der Waals surface area contributed by atoms with Crippen LogP contribution in [-0.2, 0) is 0 Å². The molecule has 2 atom stereocenters. The van der Waals surface area contributed by atoms with Gasteiger partial charge in [-0.2, -0.15) is 0 Å². The number of hydrogen-bond acceptors (Lipinski definition) is 4. The molecule has 1 aromatic heterocycles. The Balaban J connectivity index is 2.17. The molecule has 27 heavy (non-hydrogen) atoms.